The molecule has 1 aliphatic carbocycles. The van der Waals surface area contributed by atoms with Crippen LogP contribution in [0.3, 0.4) is 0 Å². The van der Waals surface area contributed by atoms with Gasteiger partial charge in [0, 0.05) is 11.8 Å². The molecular formula is C27H27FN2O6S. The summed E-state index contributed by atoms with van der Waals surface area (Å²) < 4.78 is 59.1. The molecule has 1 saturated carbocycles. The standard InChI is InChI=1S/C27H27FN2O6S/c28-19-4-3-5-21(16-19)30(37(32,33)24-12-13-25-26(17-24)35-15-14-34-25)18-27(31)29-20-8-10-23(11-9-20)36-22-6-1-2-7-22/h3-5,8-13,16-17,22H,1-2,6-7,14-15,18H2,(H,29,31). The Bertz CT molecular complexity index is 1370. The number of ether oxygens (including phenoxy) is 3. The van der Waals surface area contributed by atoms with E-state index in [1.807, 2.05) is 0 Å². The summed E-state index contributed by atoms with van der Waals surface area (Å²) in [6.45, 7) is 0.0833. The largest absolute Gasteiger partial charge is 0.490 e. The Kier molecular flexibility index (Phi) is 7.18. The van der Waals surface area contributed by atoms with Crippen molar-refractivity contribution in [2.45, 2.75) is 36.7 Å². The summed E-state index contributed by atoms with van der Waals surface area (Å²) in [4.78, 5) is 12.9. The molecule has 3 aromatic rings. The summed E-state index contributed by atoms with van der Waals surface area (Å²) in [6.07, 6.45) is 4.61. The molecule has 8 nitrogen and oxygen atoms in total. The number of halogens is 1. The lowest BCUT2D eigenvalue weighted by Gasteiger charge is -2.25. The van der Waals surface area contributed by atoms with Crippen LogP contribution in [0.2, 0.25) is 0 Å². The van der Waals surface area contributed by atoms with Crippen LogP contribution in [0.5, 0.6) is 17.2 Å². The molecule has 1 heterocycles. The van der Waals surface area contributed by atoms with E-state index in [1.165, 1.54) is 36.4 Å². The Morgan fingerprint density at radius 3 is 2.43 bits per heavy atom. The number of hydrogen-bond donors (Lipinski definition) is 1. The van der Waals surface area contributed by atoms with Crippen molar-refractivity contribution in [2.75, 3.05) is 29.4 Å². The molecule has 0 saturated heterocycles. The molecule has 10 heteroatoms. The fourth-order valence-electron chi connectivity index (χ4n) is 4.40. The van der Waals surface area contributed by atoms with E-state index in [0.717, 1.165) is 36.1 Å². The fraction of sp³-hybridized carbons (Fsp3) is 0.296. The molecule has 0 atom stereocenters. The maximum atomic E-state index is 14.0. The van der Waals surface area contributed by atoms with Crippen molar-refractivity contribution in [3.8, 4) is 17.2 Å². The molecule has 1 fully saturated rings. The maximum absolute atomic E-state index is 14.0. The van der Waals surface area contributed by atoms with Crippen LogP contribution in [0, 0.1) is 5.82 Å². The molecule has 3 aromatic carbocycles. The predicted molar refractivity (Wildman–Crippen MR) is 136 cm³/mol. The molecule has 0 bridgehead atoms. The van der Waals surface area contributed by atoms with E-state index < -0.39 is 28.3 Å². The van der Waals surface area contributed by atoms with Gasteiger partial charge in [-0.3, -0.25) is 9.10 Å². The minimum atomic E-state index is -4.26. The first-order valence-electron chi connectivity index (χ1n) is 12.1. The maximum Gasteiger partial charge on any atom is 0.264 e. The van der Waals surface area contributed by atoms with Crippen LogP contribution in [0.25, 0.3) is 0 Å². The number of amides is 1. The summed E-state index contributed by atoms with van der Waals surface area (Å²) in [6, 6.07) is 16.2. The number of rotatable bonds is 8. The highest BCUT2D eigenvalue weighted by molar-refractivity contribution is 7.92. The summed E-state index contributed by atoms with van der Waals surface area (Å²) in [5, 5.41) is 2.71. The van der Waals surface area contributed by atoms with E-state index in [-0.39, 0.29) is 29.0 Å². The van der Waals surface area contributed by atoms with Gasteiger partial charge in [0.15, 0.2) is 11.5 Å². The van der Waals surface area contributed by atoms with Gasteiger partial charge in [0.25, 0.3) is 10.0 Å². The van der Waals surface area contributed by atoms with Gasteiger partial charge < -0.3 is 19.5 Å². The molecule has 1 N–H and O–H groups in total. The molecule has 1 aliphatic heterocycles. The number of hydrogen-bond acceptors (Lipinski definition) is 6. The number of carbonyl (C=O) groups is 1. The lowest BCUT2D eigenvalue weighted by Crippen LogP contribution is -2.38. The van der Waals surface area contributed by atoms with E-state index in [2.05, 4.69) is 5.32 Å². The van der Waals surface area contributed by atoms with Gasteiger partial charge in [0.2, 0.25) is 5.91 Å². The van der Waals surface area contributed by atoms with E-state index >= 15 is 0 Å². The lowest BCUT2D eigenvalue weighted by atomic mass is 10.2. The Hall–Kier alpha value is -3.79. The number of anilines is 2. The van der Waals surface area contributed by atoms with Crippen molar-refractivity contribution in [3.63, 3.8) is 0 Å². The van der Waals surface area contributed by atoms with Crippen molar-refractivity contribution in [2.24, 2.45) is 0 Å². The van der Waals surface area contributed by atoms with Crippen molar-refractivity contribution < 1.29 is 31.8 Å². The molecule has 0 aromatic heterocycles. The van der Waals surface area contributed by atoms with Crippen molar-refractivity contribution >= 4 is 27.3 Å². The zero-order valence-electron chi connectivity index (χ0n) is 20.1. The summed E-state index contributed by atoms with van der Waals surface area (Å²) in [5.41, 5.74) is 0.505. The third-order valence-electron chi connectivity index (χ3n) is 6.23. The van der Waals surface area contributed by atoms with Crippen LogP contribution >= 0.6 is 0 Å². The monoisotopic (exact) mass is 526 g/mol. The molecule has 2 aliphatic rings. The molecular weight excluding hydrogens is 499 g/mol. The van der Waals surface area contributed by atoms with Gasteiger partial charge in [-0.05, 0) is 80.3 Å². The van der Waals surface area contributed by atoms with Crippen molar-refractivity contribution in [3.05, 3.63) is 72.5 Å². The molecule has 194 valence electrons. The minimum absolute atomic E-state index is 0.0188. The lowest BCUT2D eigenvalue weighted by molar-refractivity contribution is -0.114. The third-order valence-corrected chi connectivity index (χ3v) is 8.00. The summed E-state index contributed by atoms with van der Waals surface area (Å²) in [7, 11) is -4.26. The number of carbonyl (C=O) groups excluding carboxylic acids is 1. The molecule has 5 rings (SSSR count). The number of fused-ring (bicyclic) bond motifs is 1. The Morgan fingerprint density at radius 1 is 0.973 bits per heavy atom. The van der Waals surface area contributed by atoms with Gasteiger partial charge in [-0.15, -0.1) is 0 Å². The van der Waals surface area contributed by atoms with E-state index in [4.69, 9.17) is 14.2 Å². The van der Waals surface area contributed by atoms with Crippen LogP contribution in [0.15, 0.2) is 71.6 Å². The molecule has 0 radical (unpaired) electrons. The first-order valence-corrected chi connectivity index (χ1v) is 13.6. The minimum Gasteiger partial charge on any atom is -0.490 e. The zero-order valence-corrected chi connectivity index (χ0v) is 20.9. The van der Waals surface area contributed by atoms with Crippen LogP contribution in [-0.4, -0.2) is 40.2 Å². The third kappa shape index (κ3) is 5.80. The highest BCUT2D eigenvalue weighted by atomic mass is 32.2. The first-order chi connectivity index (χ1) is 17.9. The van der Waals surface area contributed by atoms with Crippen molar-refractivity contribution in [1.29, 1.82) is 0 Å². The predicted octanol–water partition coefficient (Wildman–Crippen LogP) is 4.75. The van der Waals surface area contributed by atoms with Gasteiger partial charge in [-0.25, -0.2) is 12.8 Å². The number of nitrogens with one attached hydrogen (secondary N) is 1. The topological polar surface area (TPSA) is 94.2 Å². The van der Waals surface area contributed by atoms with Gasteiger partial charge in [-0.2, -0.15) is 0 Å². The average Bonchev–Trinajstić information content (AvgIpc) is 3.41. The second kappa shape index (κ2) is 10.7. The Morgan fingerprint density at radius 2 is 1.70 bits per heavy atom. The number of sulfonamides is 1. The molecule has 37 heavy (non-hydrogen) atoms. The van der Waals surface area contributed by atoms with E-state index in [1.54, 1.807) is 24.3 Å². The summed E-state index contributed by atoms with van der Waals surface area (Å²) >= 11 is 0. The fourth-order valence-corrected chi connectivity index (χ4v) is 5.83. The van der Waals surface area contributed by atoms with Crippen LogP contribution in [0.1, 0.15) is 25.7 Å². The Balaban J connectivity index is 1.35. The van der Waals surface area contributed by atoms with Crippen LogP contribution < -0.4 is 23.8 Å². The van der Waals surface area contributed by atoms with Gasteiger partial charge in [-0.1, -0.05) is 6.07 Å². The highest BCUT2D eigenvalue weighted by Gasteiger charge is 2.29. The second-order valence-corrected chi connectivity index (χ2v) is 10.8. The quantitative estimate of drug-likeness (QED) is 0.455. The zero-order chi connectivity index (χ0) is 25.8. The highest BCUT2D eigenvalue weighted by Crippen LogP contribution is 2.34. The summed E-state index contributed by atoms with van der Waals surface area (Å²) in [5.74, 6) is 0.219. The number of benzene rings is 3. The SMILES string of the molecule is O=C(CN(c1cccc(F)c1)S(=O)(=O)c1ccc2c(c1)OCCO2)Nc1ccc(OC2CCCC2)cc1. The average molecular weight is 527 g/mol. The van der Waals surface area contributed by atoms with Gasteiger partial charge in [0.1, 0.15) is 31.3 Å². The van der Waals surface area contributed by atoms with Crippen LogP contribution in [-0.2, 0) is 14.8 Å². The second-order valence-electron chi connectivity index (χ2n) is 8.89. The van der Waals surface area contributed by atoms with Gasteiger partial charge in [0.05, 0.1) is 16.7 Å². The molecule has 0 spiro atoms. The van der Waals surface area contributed by atoms with Gasteiger partial charge >= 0.3 is 0 Å². The smallest absolute Gasteiger partial charge is 0.264 e. The number of nitrogens with zero attached hydrogens (tertiary/aromatic N) is 1. The van der Waals surface area contributed by atoms with Crippen molar-refractivity contribution in [1.82, 2.24) is 0 Å². The van der Waals surface area contributed by atoms with E-state index in [0.29, 0.717) is 23.8 Å². The normalized spacial score (nSPS) is 15.3. The molecule has 0 unspecified atom stereocenters. The first kappa shape index (κ1) is 24.9. The van der Waals surface area contributed by atoms with Crippen LogP contribution in [0.4, 0.5) is 15.8 Å². The Labute approximate surface area is 215 Å². The van der Waals surface area contributed by atoms with E-state index in [9.17, 15) is 17.6 Å². The molecule has 1 amide bonds.